The minimum absolute atomic E-state index is 0.316. The zero-order chi connectivity index (χ0) is 16.1. The molecule has 0 aliphatic rings. The second kappa shape index (κ2) is 6.85. The summed E-state index contributed by atoms with van der Waals surface area (Å²) in [6, 6.07) is 8.22. The van der Waals surface area contributed by atoms with E-state index < -0.39 is 11.6 Å². The molecule has 22 heavy (non-hydrogen) atoms. The van der Waals surface area contributed by atoms with Crippen LogP contribution in [0.1, 0.15) is 15.9 Å². The molecular weight excluding hydrogens is 290 g/mol. The lowest BCUT2D eigenvalue weighted by molar-refractivity contribution is 0.104. The van der Waals surface area contributed by atoms with E-state index in [0.717, 1.165) is 12.1 Å². The van der Waals surface area contributed by atoms with Gasteiger partial charge in [-0.2, -0.15) is 0 Å². The van der Waals surface area contributed by atoms with E-state index in [0.29, 0.717) is 22.6 Å². The van der Waals surface area contributed by atoms with Gasteiger partial charge in [0.05, 0.1) is 19.8 Å². The van der Waals surface area contributed by atoms with Crippen LogP contribution in [-0.4, -0.2) is 20.0 Å². The zero-order valence-electron chi connectivity index (χ0n) is 12.1. The lowest BCUT2D eigenvalue weighted by atomic mass is 10.1. The summed E-state index contributed by atoms with van der Waals surface area (Å²) >= 11 is 0. The Bertz CT molecular complexity index is 724. The first-order valence-electron chi connectivity index (χ1n) is 6.44. The number of rotatable bonds is 5. The quantitative estimate of drug-likeness (QED) is 0.621. The maximum Gasteiger partial charge on any atom is 0.189 e. The van der Waals surface area contributed by atoms with E-state index in [-0.39, 0.29) is 5.78 Å². The fourth-order valence-corrected chi connectivity index (χ4v) is 1.88. The van der Waals surface area contributed by atoms with Gasteiger partial charge in [0.1, 0.15) is 11.5 Å². The second-order valence-corrected chi connectivity index (χ2v) is 4.44. The van der Waals surface area contributed by atoms with Crippen molar-refractivity contribution in [1.82, 2.24) is 0 Å². The van der Waals surface area contributed by atoms with Crippen LogP contribution in [0.25, 0.3) is 6.08 Å². The number of methoxy groups -OCH3 is 2. The van der Waals surface area contributed by atoms with Gasteiger partial charge in [0.2, 0.25) is 0 Å². The normalized spacial score (nSPS) is 10.7. The number of hydrogen-bond donors (Lipinski definition) is 0. The summed E-state index contributed by atoms with van der Waals surface area (Å²) in [7, 11) is 2.96. The van der Waals surface area contributed by atoms with E-state index >= 15 is 0 Å². The zero-order valence-corrected chi connectivity index (χ0v) is 12.1. The predicted octanol–water partition coefficient (Wildman–Crippen LogP) is 3.88. The van der Waals surface area contributed by atoms with Gasteiger partial charge in [0, 0.05) is 6.07 Å². The fraction of sp³-hybridized carbons (Fsp3) is 0.118. The molecule has 0 radical (unpaired) electrons. The Balaban J connectivity index is 2.24. The first kappa shape index (κ1) is 15.7. The predicted molar refractivity (Wildman–Crippen MR) is 79.3 cm³/mol. The molecule has 0 heterocycles. The van der Waals surface area contributed by atoms with Crippen LogP contribution in [0.2, 0.25) is 0 Å². The number of hydrogen-bond acceptors (Lipinski definition) is 3. The van der Waals surface area contributed by atoms with Crippen molar-refractivity contribution in [2.24, 2.45) is 0 Å². The molecule has 2 aromatic carbocycles. The summed E-state index contributed by atoms with van der Waals surface area (Å²) in [6.45, 7) is 0. The molecule has 114 valence electrons. The Morgan fingerprint density at radius 2 is 1.77 bits per heavy atom. The summed E-state index contributed by atoms with van der Waals surface area (Å²) in [5.41, 5.74) is 0.738. The van der Waals surface area contributed by atoms with E-state index in [1.54, 1.807) is 18.2 Å². The highest BCUT2D eigenvalue weighted by Crippen LogP contribution is 2.25. The molecule has 3 nitrogen and oxygen atoms in total. The van der Waals surface area contributed by atoms with Crippen molar-refractivity contribution in [2.45, 2.75) is 0 Å². The summed E-state index contributed by atoms with van der Waals surface area (Å²) < 4.78 is 36.1. The smallest absolute Gasteiger partial charge is 0.189 e. The SMILES string of the molecule is COc1ccc(C(=O)/C=C/c2ccc(F)c(F)c2)c(OC)c1. The highest BCUT2D eigenvalue weighted by molar-refractivity contribution is 6.08. The molecule has 2 rings (SSSR count). The topological polar surface area (TPSA) is 35.5 Å². The fourth-order valence-electron chi connectivity index (χ4n) is 1.88. The Morgan fingerprint density at radius 1 is 1.00 bits per heavy atom. The minimum atomic E-state index is -0.961. The molecule has 0 spiro atoms. The van der Waals surface area contributed by atoms with Crippen molar-refractivity contribution < 1.29 is 23.0 Å². The molecular formula is C17H14F2O3. The molecule has 0 saturated carbocycles. The molecule has 0 aliphatic heterocycles. The van der Waals surface area contributed by atoms with Crippen LogP contribution in [0.4, 0.5) is 8.78 Å². The third-order valence-corrected chi connectivity index (χ3v) is 3.04. The number of carbonyl (C=O) groups excluding carboxylic acids is 1. The van der Waals surface area contributed by atoms with Crippen LogP contribution < -0.4 is 9.47 Å². The van der Waals surface area contributed by atoms with E-state index in [9.17, 15) is 13.6 Å². The van der Waals surface area contributed by atoms with Crippen molar-refractivity contribution in [3.8, 4) is 11.5 Å². The highest BCUT2D eigenvalue weighted by atomic mass is 19.2. The highest BCUT2D eigenvalue weighted by Gasteiger charge is 2.11. The maximum absolute atomic E-state index is 13.1. The number of benzene rings is 2. The summed E-state index contributed by atoms with van der Waals surface area (Å²) in [5, 5.41) is 0. The molecule has 0 aliphatic carbocycles. The van der Waals surface area contributed by atoms with Crippen molar-refractivity contribution in [1.29, 1.82) is 0 Å². The van der Waals surface area contributed by atoms with Crippen molar-refractivity contribution in [3.63, 3.8) is 0 Å². The molecule has 0 atom stereocenters. The van der Waals surface area contributed by atoms with Crippen LogP contribution in [0.3, 0.4) is 0 Å². The van der Waals surface area contributed by atoms with E-state index in [4.69, 9.17) is 9.47 Å². The van der Waals surface area contributed by atoms with Crippen LogP contribution in [0.15, 0.2) is 42.5 Å². The molecule has 5 heteroatoms. The number of ether oxygens (including phenoxy) is 2. The van der Waals surface area contributed by atoms with Gasteiger partial charge in [0.15, 0.2) is 17.4 Å². The van der Waals surface area contributed by atoms with Gasteiger partial charge >= 0.3 is 0 Å². The number of ketones is 1. The van der Waals surface area contributed by atoms with E-state index in [1.807, 2.05) is 0 Å². The largest absolute Gasteiger partial charge is 0.497 e. The first-order chi connectivity index (χ1) is 10.5. The van der Waals surface area contributed by atoms with E-state index in [1.165, 1.54) is 32.4 Å². The van der Waals surface area contributed by atoms with Crippen molar-refractivity contribution >= 4 is 11.9 Å². The van der Waals surface area contributed by atoms with Crippen LogP contribution in [0, 0.1) is 11.6 Å². The average molecular weight is 304 g/mol. The Hall–Kier alpha value is -2.69. The van der Waals surface area contributed by atoms with Crippen molar-refractivity contribution in [2.75, 3.05) is 14.2 Å². The van der Waals surface area contributed by atoms with Gasteiger partial charge in [-0.25, -0.2) is 8.78 Å². The summed E-state index contributed by atoms with van der Waals surface area (Å²) in [5.74, 6) is -1.27. The molecule has 2 aromatic rings. The third-order valence-electron chi connectivity index (χ3n) is 3.04. The van der Waals surface area contributed by atoms with Crippen LogP contribution in [0.5, 0.6) is 11.5 Å². The minimum Gasteiger partial charge on any atom is -0.497 e. The second-order valence-electron chi connectivity index (χ2n) is 4.44. The standard InChI is InChI=1S/C17H14F2O3/c1-21-12-5-6-13(17(10-12)22-2)16(20)8-4-11-3-7-14(18)15(19)9-11/h3-10H,1-2H3/b8-4+. The Kier molecular flexibility index (Phi) is 4.88. The van der Waals surface area contributed by atoms with Gasteiger partial charge in [-0.3, -0.25) is 4.79 Å². The van der Waals surface area contributed by atoms with Gasteiger partial charge in [-0.15, -0.1) is 0 Å². The number of halogens is 2. The van der Waals surface area contributed by atoms with Gasteiger partial charge < -0.3 is 9.47 Å². The molecule has 0 aromatic heterocycles. The van der Waals surface area contributed by atoms with Crippen molar-refractivity contribution in [3.05, 3.63) is 65.2 Å². The van der Waals surface area contributed by atoms with Gasteiger partial charge in [-0.1, -0.05) is 12.1 Å². The Labute approximate surface area is 126 Å². The monoisotopic (exact) mass is 304 g/mol. The molecule has 0 amide bonds. The lowest BCUT2D eigenvalue weighted by Gasteiger charge is -2.07. The molecule has 0 N–H and O–H groups in total. The van der Waals surface area contributed by atoms with Gasteiger partial charge in [0.25, 0.3) is 0 Å². The maximum atomic E-state index is 13.1. The Morgan fingerprint density at radius 3 is 2.41 bits per heavy atom. The molecule has 0 bridgehead atoms. The van der Waals surface area contributed by atoms with E-state index in [2.05, 4.69) is 0 Å². The molecule has 0 unspecified atom stereocenters. The first-order valence-corrected chi connectivity index (χ1v) is 6.44. The number of carbonyl (C=O) groups is 1. The summed E-state index contributed by atoms with van der Waals surface area (Å²) in [4.78, 5) is 12.2. The van der Waals surface area contributed by atoms with Crippen LogP contribution in [-0.2, 0) is 0 Å². The summed E-state index contributed by atoms with van der Waals surface area (Å²) in [6.07, 6.45) is 2.69. The van der Waals surface area contributed by atoms with Crippen LogP contribution >= 0.6 is 0 Å². The third kappa shape index (κ3) is 3.49. The van der Waals surface area contributed by atoms with Gasteiger partial charge in [-0.05, 0) is 35.9 Å². The molecule has 0 saturated heterocycles. The lowest BCUT2D eigenvalue weighted by Crippen LogP contribution is -1.99. The number of allylic oxidation sites excluding steroid dienone is 1. The molecule has 0 fully saturated rings. The average Bonchev–Trinajstić information content (AvgIpc) is 2.54.